The first-order chi connectivity index (χ1) is 11.9. The lowest BCUT2D eigenvalue weighted by atomic mass is 9.96. The number of hydrogen-bond donors (Lipinski definition) is 0. The van der Waals surface area contributed by atoms with Gasteiger partial charge in [0.2, 0.25) is 5.91 Å². The Morgan fingerprint density at radius 3 is 2.68 bits per heavy atom. The predicted molar refractivity (Wildman–Crippen MR) is 95.8 cm³/mol. The van der Waals surface area contributed by atoms with Gasteiger partial charge < -0.3 is 9.80 Å². The Balaban J connectivity index is 1.78. The van der Waals surface area contributed by atoms with E-state index in [4.69, 9.17) is 0 Å². The summed E-state index contributed by atoms with van der Waals surface area (Å²) >= 11 is 4.88. The van der Waals surface area contributed by atoms with Gasteiger partial charge in [-0.2, -0.15) is 24.9 Å². The zero-order valence-electron chi connectivity index (χ0n) is 13.6. The molecule has 3 rings (SSSR count). The molecular formula is C16H19BrF3N3OS. The average Bonchev–Trinajstić information content (AvgIpc) is 2.61. The highest BCUT2D eigenvalue weighted by Gasteiger charge is 2.38. The fourth-order valence-electron chi connectivity index (χ4n) is 3.31. The van der Waals surface area contributed by atoms with Crippen LogP contribution in [0.3, 0.4) is 0 Å². The number of carbonyl (C=O) groups is 1. The van der Waals surface area contributed by atoms with Gasteiger partial charge in [-0.05, 0) is 34.8 Å². The SMILES string of the molecule is O=C(C1CCCN(c2ncc(Br)cc2C(F)(F)F)C1)N1CCSCC1. The second kappa shape index (κ2) is 7.73. The maximum Gasteiger partial charge on any atom is 0.419 e. The van der Waals surface area contributed by atoms with Crippen LogP contribution in [0.25, 0.3) is 0 Å². The Kier molecular flexibility index (Phi) is 5.82. The standard InChI is InChI=1S/C16H19BrF3N3OS/c17-12-8-13(16(18,19)20)14(21-9-12)23-3-1-2-11(10-23)15(24)22-4-6-25-7-5-22/h8-9,11H,1-7,10H2. The Morgan fingerprint density at radius 2 is 2.00 bits per heavy atom. The number of hydrogen-bond acceptors (Lipinski definition) is 4. The van der Waals surface area contributed by atoms with E-state index in [1.165, 1.54) is 6.20 Å². The fraction of sp³-hybridized carbons (Fsp3) is 0.625. The van der Waals surface area contributed by atoms with Crippen LogP contribution in [0, 0.1) is 5.92 Å². The van der Waals surface area contributed by atoms with Gasteiger partial charge in [0.25, 0.3) is 0 Å². The smallest absolute Gasteiger partial charge is 0.355 e. The van der Waals surface area contributed by atoms with Crippen molar-refractivity contribution in [3.05, 3.63) is 22.3 Å². The molecule has 0 aromatic carbocycles. The summed E-state index contributed by atoms with van der Waals surface area (Å²) in [7, 11) is 0. The minimum atomic E-state index is -4.48. The van der Waals surface area contributed by atoms with Crippen LogP contribution in [0.4, 0.5) is 19.0 Å². The van der Waals surface area contributed by atoms with E-state index in [-0.39, 0.29) is 17.6 Å². The van der Waals surface area contributed by atoms with E-state index < -0.39 is 11.7 Å². The number of anilines is 1. The number of thioether (sulfide) groups is 1. The minimum absolute atomic E-state index is 0.0654. The van der Waals surface area contributed by atoms with E-state index in [0.717, 1.165) is 37.1 Å². The monoisotopic (exact) mass is 437 g/mol. The number of piperidine rings is 1. The fourth-order valence-corrected chi connectivity index (χ4v) is 4.54. The van der Waals surface area contributed by atoms with Gasteiger partial charge in [-0.25, -0.2) is 4.98 Å². The molecule has 1 amide bonds. The number of pyridine rings is 1. The van der Waals surface area contributed by atoms with E-state index in [2.05, 4.69) is 20.9 Å². The van der Waals surface area contributed by atoms with Crippen LogP contribution in [0.15, 0.2) is 16.7 Å². The van der Waals surface area contributed by atoms with Gasteiger partial charge >= 0.3 is 6.18 Å². The molecule has 0 N–H and O–H groups in total. The molecular weight excluding hydrogens is 419 g/mol. The second-order valence-corrected chi connectivity index (χ2v) is 8.39. The van der Waals surface area contributed by atoms with Crippen LogP contribution in [0.2, 0.25) is 0 Å². The average molecular weight is 438 g/mol. The molecule has 2 aliphatic rings. The Labute approximate surface area is 157 Å². The number of alkyl halides is 3. The molecule has 1 atom stereocenters. The van der Waals surface area contributed by atoms with Crippen molar-refractivity contribution in [3.63, 3.8) is 0 Å². The van der Waals surface area contributed by atoms with Gasteiger partial charge in [0, 0.05) is 48.4 Å². The number of halogens is 4. The summed E-state index contributed by atoms with van der Waals surface area (Å²) in [6, 6.07) is 1.05. The second-order valence-electron chi connectivity index (χ2n) is 6.25. The minimum Gasteiger partial charge on any atom is -0.355 e. The highest BCUT2D eigenvalue weighted by molar-refractivity contribution is 9.10. The van der Waals surface area contributed by atoms with Gasteiger partial charge in [0.1, 0.15) is 5.82 Å². The lowest BCUT2D eigenvalue weighted by molar-refractivity contribution is -0.137. The van der Waals surface area contributed by atoms with Gasteiger partial charge in [0.15, 0.2) is 0 Å². The van der Waals surface area contributed by atoms with Crippen LogP contribution in [-0.2, 0) is 11.0 Å². The third kappa shape index (κ3) is 4.42. The number of amides is 1. The van der Waals surface area contributed by atoms with Crippen molar-refractivity contribution in [3.8, 4) is 0 Å². The number of carbonyl (C=O) groups excluding carboxylic acids is 1. The molecule has 1 aromatic heterocycles. The Hall–Kier alpha value is -0.960. The maximum atomic E-state index is 13.4. The van der Waals surface area contributed by atoms with Crippen LogP contribution in [-0.4, -0.2) is 53.5 Å². The highest BCUT2D eigenvalue weighted by Crippen LogP contribution is 2.38. The lowest BCUT2D eigenvalue weighted by Gasteiger charge is -2.37. The molecule has 0 aliphatic carbocycles. The van der Waals surface area contributed by atoms with E-state index in [9.17, 15) is 18.0 Å². The molecule has 2 aliphatic heterocycles. The molecule has 1 unspecified atom stereocenters. The molecule has 9 heteroatoms. The predicted octanol–water partition coefficient (Wildman–Crippen LogP) is 3.65. The molecule has 0 saturated carbocycles. The molecule has 1 aromatic rings. The van der Waals surface area contributed by atoms with E-state index >= 15 is 0 Å². The van der Waals surface area contributed by atoms with Crippen molar-refractivity contribution < 1.29 is 18.0 Å². The normalized spacial score (nSPS) is 22.2. The number of nitrogens with zero attached hydrogens (tertiary/aromatic N) is 3. The first-order valence-corrected chi connectivity index (χ1v) is 10.2. The summed E-state index contributed by atoms with van der Waals surface area (Å²) < 4.78 is 40.4. The molecule has 0 radical (unpaired) electrons. The quantitative estimate of drug-likeness (QED) is 0.707. The van der Waals surface area contributed by atoms with Crippen molar-refractivity contribution >= 4 is 39.4 Å². The topological polar surface area (TPSA) is 36.4 Å². The zero-order chi connectivity index (χ0) is 18.0. The molecule has 25 heavy (non-hydrogen) atoms. The summed E-state index contributed by atoms with van der Waals surface area (Å²) in [5.74, 6) is 1.57. The summed E-state index contributed by atoms with van der Waals surface area (Å²) in [5.41, 5.74) is -0.760. The molecule has 0 bridgehead atoms. The molecule has 2 fully saturated rings. The maximum absolute atomic E-state index is 13.4. The van der Waals surface area contributed by atoms with Crippen LogP contribution in [0.5, 0.6) is 0 Å². The van der Waals surface area contributed by atoms with E-state index in [1.807, 2.05) is 16.7 Å². The van der Waals surface area contributed by atoms with Gasteiger partial charge in [0.05, 0.1) is 11.5 Å². The molecule has 138 valence electrons. The Morgan fingerprint density at radius 1 is 1.28 bits per heavy atom. The third-order valence-corrected chi connectivity index (χ3v) is 5.91. The van der Waals surface area contributed by atoms with Crippen molar-refractivity contribution in [1.29, 1.82) is 0 Å². The van der Waals surface area contributed by atoms with E-state index in [0.29, 0.717) is 24.0 Å². The van der Waals surface area contributed by atoms with Crippen molar-refractivity contribution in [2.24, 2.45) is 5.92 Å². The van der Waals surface area contributed by atoms with E-state index in [1.54, 1.807) is 4.90 Å². The van der Waals surface area contributed by atoms with Crippen LogP contribution in [0.1, 0.15) is 18.4 Å². The Bertz CT molecular complexity index is 638. The van der Waals surface area contributed by atoms with Gasteiger partial charge in [-0.15, -0.1) is 0 Å². The summed E-state index contributed by atoms with van der Waals surface area (Å²) in [6.07, 6.45) is -1.70. The summed E-state index contributed by atoms with van der Waals surface area (Å²) in [4.78, 5) is 20.2. The van der Waals surface area contributed by atoms with Gasteiger partial charge in [-0.1, -0.05) is 0 Å². The first-order valence-electron chi connectivity index (χ1n) is 8.20. The highest BCUT2D eigenvalue weighted by atomic mass is 79.9. The molecule has 4 nitrogen and oxygen atoms in total. The number of rotatable bonds is 2. The van der Waals surface area contributed by atoms with Crippen LogP contribution >= 0.6 is 27.7 Å². The molecule has 0 spiro atoms. The first kappa shape index (κ1) is 18.8. The molecule has 3 heterocycles. The summed E-state index contributed by atoms with van der Waals surface area (Å²) in [5, 5.41) is 0. The van der Waals surface area contributed by atoms with Crippen LogP contribution < -0.4 is 4.90 Å². The third-order valence-electron chi connectivity index (χ3n) is 4.53. The zero-order valence-corrected chi connectivity index (χ0v) is 16.0. The lowest BCUT2D eigenvalue weighted by Crippen LogP contribution is -2.47. The number of aromatic nitrogens is 1. The van der Waals surface area contributed by atoms with Crippen molar-refractivity contribution in [2.75, 3.05) is 42.6 Å². The van der Waals surface area contributed by atoms with Crippen molar-refractivity contribution in [2.45, 2.75) is 19.0 Å². The largest absolute Gasteiger partial charge is 0.419 e. The van der Waals surface area contributed by atoms with Crippen molar-refractivity contribution in [1.82, 2.24) is 9.88 Å². The molecule has 2 saturated heterocycles. The summed E-state index contributed by atoms with van der Waals surface area (Å²) in [6.45, 7) is 2.23. The van der Waals surface area contributed by atoms with Gasteiger partial charge in [-0.3, -0.25) is 4.79 Å².